The molecule has 1 aromatic heterocycles. The van der Waals surface area contributed by atoms with E-state index in [2.05, 4.69) is 4.98 Å². The van der Waals surface area contributed by atoms with Crippen LogP contribution in [0.25, 0.3) is 22.5 Å². The number of nitrogens with zero attached hydrogens (tertiary/aromatic N) is 2. The molecule has 20 heavy (non-hydrogen) atoms. The first-order valence-corrected chi connectivity index (χ1v) is 6.26. The Morgan fingerprint density at radius 3 is 2.00 bits per heavy atom. The third kappa shape index (κ3) is 2.19. The molecule has 1 heterocycles. The van der Waals surface area contributed by atoms with Crippen molar-refractivity contribution in [2.45, 2.75) is 0 Å². The van der Waals surface area contributed by atoms with Crippen LogP contribution < -0.4 is 10.5 Å². The Hall–Kier alpha value is -2.88. The molecule has 0 aliphatic rings. The molecular weight excluding hydrogens is 250 g/mol. The van der Waals surface area contributed by atoms with Crippen LogP contribution in [0.4, 0.5) is 5.82 Å². The van der Waals surface area contributed by atoms with Gasteiger partial charge in [0.05, 0.1) is 0 Å². The fourth-order valence-electron chi connectivity index (χ4n) is 2.16. The summed E-state index contributed by atoms with van der Waals surface area (Å²) < 4.78 is 0.778. The van der Waals surface area contributed by atoms with Gasteiger partial charge in [-0.2, -0.15) is 4.73 Å². The van der Waals surface area contributed by atoms with Gasteiger partial charge in [-0.1, -0.05) is 48.5 Å². The minimum Gasteiger partial charge on any atom is -0.618 e. The van der Waals surface area contributed by atoms with Gasteiger partial charge in [-0.05, 0) is 12.1 Å². The maximum atomic E-state index is 12.2. The van der Waals surface area contributed by atoms with E-state index < -0.39 is 0 Å². The number of nitrogen functional groups attached to an aromatic ring is 1. The molecule has 4 heteroatoms. The molecule has 3 aromatic rings. The van der Waals surface area contributed by atoms with Gasteiger partial charge < -0.3 is 10.9 Å². The first kappa shape index (κ1) is 12.2. The molecule has 0 saturated heterocycles. The van der Waals surface area contributed by atoms with Gasteiger partial charge in [-0.15, -0.1) is 0 Å². The molecule has 0 radical (unpaired) electrons. The molecule has 0 atom stereocenters. The highest BCUT2D eigenvalue weighted by Gasteiger charge is 2.19. The van der Waals surface area contributed by atoms with Crippen LogP contribution in [0.1, 0.15) is 0 Å². The number of nitrogens with two attached hydrogens (primary N) is 1. The molecule has 3 rings (SSSR count). The van der Waals surface area contributed by atoms with Crippen molar-refractivity contribution < 1.29 is 4.73 Å². The Morgan fingerprint density at radius 1 is 0.850 bits per heavy atom. The van der Waals surface area contributed by atoms with Gasteiger partial charge >= 0.3 is 0 Å². The zero-order valence-electron chi connectivity index (χ0n) is 10.7. The Bertz CT molecular complexity index is 727. The third-order valence-electron chi connectivity index (χ3n) is 3.03. The molecule has 0 aliphatic carbocycles. The largest absolute Gasteiger partial charge is 0.618 e. The summed E-state index contributed by atoms with van der Waals surface area (Å²) in [4.78, 5) is 4.34. The SMILES string of the molecule is Nc1c[n+]([O-])c(-c2ccccc2)c(-c2ccccc2)n1. The Kier molecular flexibility index (Phi) is 3.05. The second-order valence-corrected chi connectivity index (χ2v) is 4.42. The second kappa shape index (κ2) is 5.01. The minimum absolute atomic E-state index is 0.207. The summed E-state index contributed by atoms with van der Waals surface area (Å²) in [5.41, 5.74) is 8.48. The molecule has 0 fully saturated rings. The normalized spacial score (nSPS) is 10.4. The van der Waals surface area contributed by atoms with Gasteiger partial charge in [0.2, 0.25) is 11.9 Å². The maximum absolute atomic E-state index is 12.2. The van der Waals surface area contributed by atoms with Crippen molar-refractivity contribution in [3.8, 4) is 22.5 Å². The molecule has 0 aliphatic heterocycles. The zero-order chi connectivity index (χ0) is 13.9. The molecule has 0 spiro atoms. The fraction of sp³-hybridized carbons (Fsp3) is 0. The van der Waals surface area contributed by atoms with Crippen molar-refractivity contribution in [3.05, 3.63) is 72.1 Å². The van der Waals surface area contributed by atoms with Gasteiger partial charge in [-0.25, -0.2) is 4.98 Å². The number of hydrogen-bond acceptors (Lipinski definition) is 3. The average molecular weight is 263 g/mol. The topological polar surface area (TPSA) is 65.8 Å². The number of benzene rings is 2. The summed E-state index contributed by atoms with van der Waals surface area (Å²) in [5, 5.41) is 12.2. The van der Waals surface area contributed by atoms with Gasteiger partial charge in [0, 0.05) is 11.1 Å². The van der Waals surface area contributed by atoms with Gasteiger partial charge in [0.15, 0.2) is 5.82 Å². The smallest absolute Gasteiger partial charge is 0.250 e. The lowest BCUT2D eigenvalue weighted by molar-refractivity contribution is -0.592. The van der Waals surface area contributed by atoms with Crippen LogP contribution in [-0.4, -0.2) is 4.98 Å². The van der Waals surface area contributed by atoms with E-state index in [1.807, 2.05) is 60.7 Å². The highest BCUT2D eigenvalue weighted by Crippen LogP contribution is 2.27. The summed E-state index contributed by atoms with van der Waals surface area (Å²) in [6, 6.07) is 19.0. The fourth-order valence-corrected chi connectivity index (χ4v) is 2.16. The quantitative estimate of drug-likeness (QED) is 0.571. The van der Waals surface area contributed by atoms with Gasteiger partial charge in [0.25, 0.3) is 0 Å². The molecular formula is C16H13N3O. The van der Waals surface area contributed by atoms with E-state index in [1.165, 1.54) is 6.20 Å². The van der Waals surface area contributed by atoms with Crippen LogP contribution in [0.5, 0.6) is 0 Å². The summed E-state index contributed by atoms with van der Waals surface area (Å²) in [6.07, 6.45) is 1.29. The standard InChI is InChI=1S/C16H13N3O/c17-14-11-19(20)16(13-9-5-2-6-10-13)15(18-14)12-7-3-1-4-8-12/h1-11H,(H2,17,18). The summed E-state index contributed by atoms with van der Waals surface area (Å²) in [5.74, 6) is 0.207. The number of anilines is 1. The molecule has 98 valence electrons. The molecule has 0 amide bonds. The van der Waals surface area contributed by atoms with E-state index in [0.29, 0.717) is 11.4 Å². The zero-order valence-corrected chi connectivity index (χ0v) is 10.7. The number of rotatable bonds is 2. The minimum atomic E-state index is 0.207. The monoisotopic (exact) mass is 263 g/mol. The number of aromatic nitrogens is 2. The number of hydrogen-bond donors (Lipinski definition) is 1. The van der Waals surface area contributed by atoms with Crippen molar-refractivity contribution in [2.24, 2.45) is 0 Å². The van der Waals surface area contributed by atoms with Crippen molar-refractivity contribution in [1.82, 2.24) is 4.98 Å². The highest BCUT2D eigenvalue weighted by molar-refractivity contribution is 5.76. The van der Waals surface area contributed by atoms with Crippen molar-refractivity contribution >= 4 is 5.82 Å². The van der Waals surface area contributed by atoms with Crippen molar-refractivity contribution in [1.29, 1.82) is 0 Å². The first-order chi connectivity index (χ1) is 9.75. The Balaban J connectivity index is 2.29. The van der Waals surface area contributed by atoms with Gasteiger partial charge in [0.1, 0.15) is 5.69 Å². The molecule has 0 bridgehead atoms. The van der Waals surface area contributed by atoms with E-state index >= 15 is 0 Å². The highest BCUT2D eigenvalue weighted by atomic mass is 16.5. The molecule has 2 aromatic carbocycles. The van der Waals surface area contributed by atoms with Crippen molar-refractivity contribution in [2.75, 3.05) is 5.73 Å². The van der Waals surface area contributed by atoms with Crippen LogP contribution in [0.15, 0.2) is 66.9 Å². The molecule has 4 nitrogen and oxygen atoms in total. The lowest BCUT2D eigenvalue weighted by Crippen LogP contribution is -2.31. The average Bonchev–Trinajstić information content (AvgIpc) is 2.48. The van der Waals surface area contributed by atoms with E-state index in [4.69, 9.17) is 5.73 Å². The maximum Gasteiger partial charge on any atom is 0.250 e. The predicted molar refractivity (Wildman–Crippen MR) is 78.5 cm³/mol. The molecule has 2 N–H and O–H groups in total. The lowest BCUT2D eigenvalue weighted by Gasteiger charge is -2.10. The Morgan fingerprint density at radius 2 is 1.40 bits per heavy atom. The van der Waals surface area contributed by atoms with Crippen LogP contribution in [-0.2, 0) is 0 Å². The van der Waals surface area contributed by atoms with E-state index in [9.17, 15) is 5.21 Å². The van der Waals surface area contributed by atoms with Crippen molar-refractivity contribution in [3.63, 3.8) is 0 Å². The first-order valence-electron chi connectivity index (χ1n) is 6.26. The lowest BCUT2D eigenvalue weighted by atomic mass is 10.0. The van der Waals surface area contributed by atoms with E-state index in [-0.39, 0.29) is 5.82 Å². The summed E-state index contributed by atoms with van der Waals surface area (Å²) >= 11 is 0. The summed E-state index contributed by atoms with van der Waals surface area (Å²) in [6.45, 7) is 0. The summed E-state index contributed by atoms with van der Waals surface area (Å²) in [7, 11) is 0. The van der Waals surface area contributed by atoms with Gasteiger partial charge in [-0.3, -0.25) is 0 Å². The Labute approximate surface area is 116 Å². The van der Waals surface area contributed by atoms with Crippen LogP contribution in [0.3, 0.4) is 0 Å². The van der Waals surface area contributed by atoms with E-state index in [0.717, 1.165) is 15.9 Å². The van der Waals surface area contributed by atoms with Crippen LogP contribution in [0.2, 0.25) is 0 Å². The second-order valence-electron chi connectivity index (χ2n) is 4.42. The van der Waals surface area contributed by atoms with E-state index in [1.54, 1.807) is 0 Å². The molecule has 0 saturated carbocycles. The molecule has 0 unspecified atom stereocenters. The predicted octanol–water partition coefficient (Wildman–Crippen LogP) is 2.63. The third-order valence-corrected chi connectivity index (χ3v) is 3.03. The van der Waals surface area contributed by atoms with Crippen LogP contribution >= 0.6 is 0 Å². The van der Waals surface area contributed by atoms with Crippen LogP contribution in [0, 0.1) is 5.21 Å².